The fourth-order valence-electron chi connectivity index (χ4n) is 2.47. The molecular formula is C17H18Br2FN. The van der Waals surface area contributed by atoms with E-state index >= 15 is 0 Å². The van der Waals surface area contributed by atoms with E-state index < -0.39 is 0 Å². The molecular weight excluding hydrogens is 397 g/mol. The van der Waals surface area contributed by atoms with Gasteiger partial charge in [-0.15, -0.1) is 0 Å². The Morgan fingerprint density at radius 1 is 1.10 bits per heavy atom. The molecule has 2 rings (SSSR count). The van der Waals surface area contributed by atoms with Crippen molar-refractivity contribution in [2.24, 2.45) is 0 Å². The molecule has 112 valence electrons. The van der Waals surface area contributed by atoms with Crippen LogP contribution >= 0.6 is 31.9 Å². The van der Waals surface area contributed by atoms with E-state index in [2.05, 4.69) is 56.2 Å². The summed E-state index contributed by atoms with van der Waals surface area (Å²) in [6.07, 6.45) is 0. The van der Waals surface area contributed by atoms with Gasteiger partial charge in [0.1, 0.15) is 5.82 Å². The van der Waals surface area contributed by atoms with E-state index in [9.17, 15) is 4.39 Å². The fraction of sp³-hybridized carbons (Fsp3) is 0.294. The first-order valence-corrected chi connectivity index (χ1v) is 8.48. The zero-order valence-electron chi connectivity index (χ0n) is 12.3. The van der Waals surface area contributed by atoms with E-state index in [4.69, 9.17) is 0 Å². The van der Waals surface area contributed by atoms with Gasteiger partial charge in [-0.25, -0.2) is 4.39 Å². The number of hydrogen-bond acceptors (Lipinski definition) is 1. The number of rotatable bonds is 4. The third-order valence-electron chi connectivity index (χ3n) is 3.55. The average molecular weight is 415 g/mol. The maximum Gasteiger partial charge on any atom is 0.129 e. The topological polar surface area (TPSA) is 12.0 Å². The van der Waals surface area contributed by atoms with Gasteiger partial charge in [0, 0.05) is 14.5 Å². The summed E-state index contributed by atoms with van der Waals surface area (Å²) in [6, 6.07) is 9.13. The smallest absolute Gasteiger partial charge is 0.129 e. The zero-order valence-corrected chi connectivity index (χ0v) is 15.5. The first kappa shape index (κ1) is 16.7. The first-order valence-electron chi connectivity index (χ1n) is 6.89. The molecule has 0 fully saturated rings. The molecule has 0 aliphatic carbocycles. The quantitative estimate of drug-likeness (QED) is 0.679. The van der Waals surface area contributed by atoms with Gasteiger partial charge in [0.05, 0.1) is 6.04 Å². The van der Waals surface area contributed by atoms with Gasteiger partial charge < -0.3 is 5.32 Å². The molecule has 0 saturated heterocycles. The Labute approximate surface area is 142 Å². The second-order valence-corrected chi connectivity index (χ2v) is 6.79. The predicted octanol–water partition coefficient (Wildman–Crippen LogP) is 5.67. The Balaban J connectivity index is 2.62. The minimum Gasteiger partial charge on any atom is -0.306 e. The average Bonchev–Trinajstić information content (AvgIpc) is 2.42. The summed E-state index contributed by atoms with van der Waals surface area (Å²) in [5.41, 5.74) is 4.03. The van der Waals surface area contributed by atoms with E-state index in [0.29, 0.717) is 5.56 Å². The minimum atomic E-state index is -0.199. The molecule has 0 bridgehead atoms. The fourth-order valence-corrected chi connectivity index (χ4v) is 3.50. The lowest BCUT2D eigenvalue weighted by Gasteiger charge is -2.23. The van der Waals surface area contributed by atoms with Crippen LogP contribution in [0.5, 0.6) is 0 Å². The molecule has 0 heterocycles. The van der Waals surface area contributed by atoms with Gasteiger partial charge in [0.15, 0.2) is 0 Å². The van der Waals surface area contributed by atoms with E-state index in [1.54, 1.807) is 6.07 Å². The molecule has 0 aliphatic heterocycles. The summed E-state index contributed by atoms with van der Waals surface area (Å²) in [6.45, 7) is 6.90. The second kappa shape index (κ2) is 7.03. The normalized spacial score (nSPS) is 12.5. The Kier molecular flexibility index (Phi) is 5.58. The number of nitrogens with one attached hydrogen (secondary N) is 1. The highest BCUT2D eigenvalue weighted by Gasteiger charge is 2.22. The standard InChI is InChI=1S/C17H18Br2FN/c1-4-21-17(16-13(18)6-5-7-15(16)20)12-8-11(3)14(19)9-10(12)2/h5-9,17,21H,4H2,1-3H3. The van der Waals surface area contributed by atoms with Crippen LogP contribution in [0.2, 0.25) is 0 Å². The Hall–Kier alpha value is -0.710. The van der Waals surface area contributed by atoms with Crippen LogP contribution in [0.1, 0.15) is 35.2 Å². The number of benzene rings is 2. The maximum atomic E-state index is 14.3. The summed E-state index contributed by atoms with van der Waals surface area (Å²) in [5.74, 6) is -0.199. The Morgan fingerprint density at radius 2 is 1.81 bits per heavy atom. The molecule has 0 aromatic heterocycles. The molecule has 1 N–H and O–H groups in total. The van der Waals surface area contributed by atoms with E-state index in [-0.39, 0.29) is 11.9 Å². The lowest BCUT2D eigenvalue weighted by atomic mass is 9.93. The van der Waals surface area contributed by atoms with Crippen molar-refractivity contribution in [3.05, 3.63) is 67.3 Å². The van der Waals surface area contributed by atoms with Crippen molar-refractivity contribution >= 4 is 31.9 Å². The SMILES string of the molecule is CCNC(c1cc(C)c(Br)cc1C)c1c(F)cccc1Br. The van der Waals surface area contributed by atoms with Crippen molar-refractivity contribution in [1.82, 2.24) is 5.32 Å². The van der Waals surface area contributed by atoms with E-state index in [1.807, 2.05) is 19.9 Å². The maximum absolute atomic E-state index is 14.3. The lowest BCUT2D eigenvalue weighted by molar-refractivity contribution is 0.555. The molecule has 2 aromatic rings. The van der Waals surface area contributed by atoms with Gasteiger partial charge in [-0.1, -0.05) is 50.9 Å². The Morgan fingerprint density at radius 3 is 2.43 bits per heavy atom. The van der Waals surface area contributed by atoms with Crippen LogP contribution < -0.4 is 5.32 Å². The van der Waals surface area contributed by atoms with Crippen LogP contribution in [-0.2, 0) is 0 Å². The van der Waals surface area contributed by atoms with Gasteiger partial charge in [0.25, 0.3) is 0 Å². The second-order valence-electron chi connectivity index (χ2n) is 5.08. The van der Waals surface area contributed by atoms with E-state index in [1.165, 1.54) is 6.07 Å². The molecule has 21 heavy (non-hydrogen) atoms. The van der Waals surface area contributed by atoms with Crippen molar-refractivity contribution in [1.29, 1.82) is 0 Å². The van der Waals surface area contributed by atoms with Gasteiger partial charge in [-0.05, 0) is 55.3 Å². The Bertz CT molecular complexity index is 635. The van der Waals surface area contributed by atoms with Gasteiger partial charge in [0.2, 0.25) is 0 Å². The van der Waals surface area contributed by atoms with Crippen molar-refractivity contribution < 1.29 is 4.39 Å². The third kappa shape index (κ3) is 3.55. The van der Waals surface area contributed by atoms with E-state index in [0.717, 1.165) is 32.2 Å². The number of aryl methyl sites for hydroxylation is 2. The van der Waals surface area contributed by atoms with Crippen molar-refractivity contribution in [2.45, 2.75) is 26.8 Å². The number of hydrogen-bond donors (Lipinski definition) is 1. The predicted molar refractivity (Wildman–Crippen MR) is 93.2 cm³/mol. The van der Waals surface area contributed by atoms with Crippen molar-refractivity contribution in [3.63, 3.8) is 0 Å². The van der Waals surface area contributed by atoms with Crippen LogP contribution in [0.15, 0.2) is 39.3 Å². The van der Waals surface area contributed by atoms with Crippen LogP contribution in [0.25, 0.3) is 0 Å². The van der Waals surface area contributed by atoms with Gasteiger partial charge >= 0.3 is 0 Å². The monoisotopic (exact) mass is 413 g/mol. The largest absolute Gasteiger partial charge is 0.306 e. The first-order chi connectivity index (χ1) is 9.95. The summed E-state index contributed by atoms with van der Waals surface area (Å²) < 4.78 is 16.2. The minimum absolute atomic E-state index is 0.169. The highest BCUT2D eigenvalue weighted by atomic mass is 79.9. The van der Waals surface area contributed by atoms with Crippen molar-refractivity contribution in [2.75, 3.05) is 6.54 Å². The molecule has 0 saturated carbocycles. The van der Waals surface area contributed by atoms with Crippen LogP contribution in [0.4, 0.5) is 4.39 Å². The molecule has 1 atom stereocenters. The molecule has 0 radical (unpaired) electrons. The number of halogens is 3. The van der Waals surface area contributed by atoms with Crippen LogP contribution in [-0.4, -0.2) is 6.54 Å². The summed E-state index contributed by atoms with van der Waals surface area (Å²) in [7, 11) is 0. The van der Waals surface area contributed by atoms with Crippen LogP contribution in [0.3, 0.4) is 0 Å². The highest BCUT2D eigenvalue weighted by Crippen LogP contribution is 2.34. The summed E-state index contributed by atoms with van der Waals surface area (Å²) in [5, 5.41) is 3.40. The highest BCUT2D eigenvalue weighted by molar-refractivity contribution is 9.10. The molecule has 2 aromatic carbocycles. The molecule has 0 spiro atoms. The zero-order chi connectivity index (χ0) is 15.6. The van der Waals surface area contributed by atoms with Gasteiger partial charge in [-0.3, -0.25) is 0 Å². The molecule has 1 unspecified atom stereocenters. The lowest BCUT2D eigenvalue weighted by Crippen LogP contribution is -2.24. The van der Waals surface area contributed by atoms with Gasteiger partial charge in [-0.2, -0.15) is 0 Å². The summed E-state index contributed by atoms with van der Waals surface area (Å²) >= 11 is 7.03. The summed E-state index contributed by atoms with van der Waals surface area (Å²) in [4.78, 5) is 0. The molecule has 1 nitrogen and oxygen atoms in total. The molecule has 0 aliphatic rings. The third-order valence-corrected chi connectivity index (χ3v) is 5.10. The molecule has 4 heteroatoms. The van der Waals surface area contributed by atoms with Crippen LogP contribution in [0, 0.1) is 19.7 Å². The molecule has 0 amide bonds. The van der Waals surface area contributed by atoms with Crippen molar-refractivity contribution in [3.8, 4) is 0 Å².